The van der Waals surface area contributed by atoms with Crippen molar-refractivity contribution in [2.45, 2.75) is 19.8 Å². The number of furan rings is 1. The predicted molar refractivity (Wildman–Crippen MR) is 64.8 cm³/mol. The number of hydrogen-bond donors (Lipinski definition) is 0. The zero-order chi connectivity index (χ0) is 10.5. The second-order valence-electron chi connectivity index (χ2n) is 4.33. The Labute approximate surface area is 105 Å². The summed E-state index contributed by atoms with van der Waals surface area (Å²) in [4.78, 5) is 0. The second-order valence-corrected chi connectivity index (χ2v) is 6.21. The van der Waals surface area contributed by atoms with Crippen LogP contribution in [0.2, 0.25) is 0 Å². The topological polar surface area (TPSA) is 13.1 Å². The van der Waals surface area contributed by atoms with Gasteiger partial charge in [-0.15, -0.1) is 11.6 Å². The van der Waals surface area contributed by atoms with Crippen LogP contribution in [0.15, 0.2) is 19.6 Å². The largest absolute Gasteiger partial charge is 0.453 e. The molecular weight excluding hydrogens is 331 g/mol. The Morgan fingerprint density at radius 2 is 2.14 bits per heavy atom. The molecular formula is C10H11Br2ClO. The lowest BCUT2D eigenvalue weighted by Gasteiger charge is -1.98. The Morgan fingerprint density at radius 3 is 2.50 bits per heavy atom. The van der Waals surface area contributed by atoms with E-state index in [1.54, 1.807) is 0 Å². The van der Waals surface area contributed by atoms with E-state index in [2.05, 4.69) is 45.7 Å². The Morgan fingerprint density at radius 1 is 1.50 bits per heavy atom. The molecule has 0 spiro atoms. The maximum absolute atomic E-state index is 5.91. The molecule has 4 heteroatoms. The second kappa shape index (κ2) is 3.53. The first-order valence-corrected chi connectivity index (χ1v) is 6.61. The van der Waals surface area contributed by atoms with Gasteiger partial charge in [0.05, 0.1) is 4.47 Å². The van der Waals surface area contributed by atoms with Crippen molar-refractivity contribution in [3.8, 4) is 0 Å². The normalized spacial score (nSPS) is 29.2. The number of alkyl halides is 1. The Balaban J connectivity index is 2.26. The third-order valence-electron chi connectivity index (χ3n) is 3.19. The van der Waals surface area contributed by atoms with Gasteiger partial charge in [0.25, 0.3) is 0 Å². The van der Waals surface area contributed by atoms with Crippen LogP contribution in [0.5, 0.6) is 0 Å². The number of hydrogen-bond acceptors (Lipinski definition) is 1. The van der Waals surface area contributed by atoms with Crippen LogP contribution in [-0.2, 0) is 0 Å². The molecule has 2 atom stereocenters. The molecule has 1 heterocycles. The summed E-state index contributed by atoms with van der Waals surface area (Å²) in [5.74, 6) is 2.73. The van der Waals surface area contributed by atoms with Gasteiger partial charge in [-0.3, -0.25) is 0 Å². The number of rotatable bonds is 2. The van der Waals surface area contributed by atoms with Crippen LogP contribution in [0.4, 0.5) is 0 Å². The van der Waals surface area contributed by atoms with Crippen molar-refractivity contribution < 1.29 is 4.42 Å². The maximum atomic E-state index is 5.91. The summed E-state index contributed by atoms with van der Waals surface area (Å²) in [6.07, 6.45) is 0. The van der Waals surface area contributed by atoms with Crippen LogP contribution in [0.3, 0.4) is 0 Å². The Hall–Kier alpha value is 0.530. The maximum Gasteiger partial charge on any atom is 0.183 e. The molecule has 1 aromatic rings. The smallest absolute Gasteiger partial charge is 0.183 e. The molecule has 1 nitrogen and oxygen atoms in total. The van der Waals surface area contributed by atoms with E-state index in [0.717, 1.165) is 14.9 Å². The van der Waals surface area contributed by atoms with Crippen molar-refractivity contribution >= 4 is 43.5 Å². The van der Waals surface area contributed by atoms with E-state index in [0.29, 0.717) is 17.7 Å². The standard InChI is InChI=1S/C10H11Br2ClO/c1-10(2)5(4-13)8(10)7-3-6(11)9(12)14-7/h3,5,8H,4H2,1-2H3. The van der Waals surface area contributed by atoms with Crippen molar-refractivity contribution in [1.82, 2.24) is 0 Å². The molecule has 2 unspecified atom stereocenters. The first kappa shape index (κ1) is 11.0. The van der Waals surface area contributed by atoms with E-state index in [1.165, 1.54) is 0 Å². The van der Waals surface area contributed by atoms with Crippen molar-refractivity contribution in [3.63, 3.8) is 0 Å². The molecule has 0 aromatic carbocycles. The molecule has 78 valence electrons. The highest BCUT2D eigenvalue weighted by atomic mass is 79.9. The average Bonchev–Trinajstić information content (AvgIpc) is 2.50. The van der Waals surface area contributed by atoms with E-state index < -0.39 is 0 Å². The molecule has 1 aliphatic carbocycles. The zero-order valence-electron chi connectivity index (χ0n) is 7.98. The zero-order valence-corrected chi connectivity index (χ0v) is 11.9. The van der Waals surface area contributed by atoms with Crippen LogP contribution in [0.1, 0.15) is 25.5 Å². The van der Waals surface area contributed by atoms with Crippen molar-refractivity contribution in [1.29, 1.82) is 0 Å². The molecule has 0 amide bonds. The van der Waals surface area contributed by atoms with Gasteiger partial charge in [-0.1, -0.05) is 13.8 Å². The first-order valence-electron chi connectivity index (χ1n) is 4.49. The van der Waals surface area contributed by atoms with Gasteiger partial charge < -0.3 is 4.42 Å². The first-order chi connectivity index (χ1) is 6.48. The molecule has 0 radical (unpaired) electrons. The average molecular weight is 342 g/mol. The van der Waals surface area contributed by atoms with E-state index in [-0.39, 0.29) is 5.41 Å². The van der Waals surface area contributed by atoms with E-state index in [9.17, 15) is 0 Å². The van der Waals surface area contributed by atoms with Crippen molar-refractivity contribution in [2.24, 2.45) is 11.3 Å². The fourth-order valence-electron chi connectivity index (χ4n) is 2.11. The summed E-state index contributed by atoms with van der Waals surface area (Å²) in [6, 6.07) is 2.03. The minimum atomic E-state index is 0.276. The molecule has 14 heavy (non-hydrogen) atoms. The molecule has 1 fully saturated rings. The highest BCUT2D eigenvalue weighted by molar-refractivity contribution is 9.13. The van der Waals surface area contributed by atoms with Gasteiger partial charge in [-0.25, -0.2) is 0 Å². The van der Waals surface area contributed by atoms with Gasteiger partial charge in [-0.2, -0.15) is 0 Å². The summed E-state index contributed by atoms with van der Waals surface area (Å²) >= 11 is 12.7. The van der Waals surface area contributed by atoms with Gasteiger partial charge >= 0.3 is 0 Å². The predicted octanol–water partition coefficient (Wildman–Crippen LogP) is 4.78. The monoisotopic (exact) mass is 340 g/mol. The minimum Gasteiger partial charge on any atom is -0.453 e. The third kappa shape index (κ3) is 1.57. The van der Waals surface area contributed by atoms with Crippen LogP contribution in [0, 0.1) is 11.3 Å². The van der Waals surface area contributed by atoms with E-state index in [4.69, 9.17) is 16.0 Å². The minimum absolute atomic E-state index is 0.276. The van der Waals surface area contributed by atoms with E-state index >= 15 is 0 Å². The molecule has 0 bridgehead atoms. The summed E-state index contributed by atoms with van der Waals surface area (Å²) in [6.45, 7) is 4.46. The molecule has 0 aliphatic heterocycles. The SMILES string of the molecule is CC1(C)C(CCl)C1c1cc(Br)c(Br)o1. The summed E-state index contributed by atoms with van der Waals surface area (Å²) < 4.78 is 7.36. The summed E-state index contributed by atoms with van der Waals surface area (Å²) in [7, 11) is 0. The van der Waals surface area contributed by atoms with Gasteiger partial charge in [0, 0.05) is 11.8 Å². The van der Waals surface area contributed by atoms with Crippen LogP contribution >= 0.6 is 43.5 Å². The van der Waals surface area contributed by atoms with Gasteiger partial charge in [0.2, 0.25) is 0 Å². The highest BCUT2D eigenvalue weighted by Gasteiger charge is 2.59. The van der Waals surface area contributed by atoms with Crippen LogP contribution in [0.25, 0.3) is 0 Å². The number of halogens is 3. The molecule has 0 N–H and O–H groups in total. The fraction of sp³-hybridized carbons (Fsp3) is 0.600. The molecule has 1 aromatic heterocycles. The quantitative estimate of drug-likeness (QED) is 0.705. The highest BCUT2D eigenvalue weighted by Crippen LogP contribution is 2.65. The van der Waals surface area contributed by atoms with Gasteiger partial charge in [0.1, 0.15) is 5.76 Å². The fourth-order valence-corrected chi connectivity index (χ4v) is 3.30. The molecule has 1 saturated carbocycles. The Kier molecular flexibility index (Phi) is 2.78. The van der Waals surface area contributed by atoms with Gasteiger partial charge in [0.15, 0.2) is 4.67 Å². The molecule has 1 aliphatic rings. The third-order valence-corrected chi connectivity index (χ3v) is 5.23. The molecule has 2 rings (SSSR count). The lowest BCUT2D eigenvalue weighted by molar-refractivity contribution is 0.464. The van der Waals surface area contributed by atoms with Crippen molar-refractivity contribution in [2.75, 3.05) is 5.88 Å². The van der Waals surface area contributed by atoms with Crippen molar-refractivity contribution in [3.05, 3.63) is 21.0 Å². The van der Waals surface area contributed by atoms with E-state index in [1.807, 2.05) is 6.07 Å². The summed E-state index contributed by atoms with van der Waals surface area (Å²) in [5, 5.41) is 0. The van der Waals surface area contributed by atoms with Gasteiger partial charge in [-0.05, 0) is 49.3 Å². The lowest BCUT2D eigenvalue weighted by atomic mass is 10.1. The van der Waals surface area contributed by atoms with Crippen LogP contribution < -0.4 is 0 Å². The lowest BCUT2D eigenvalue weighted by Crippen LogP contribution is -1.90. The summed E-state index contributed by atoms with van der Waals surface area (Å²) in [5.41, 5.74) is 0.276. The van der Waals surface area contributed by atoms with Crippen LogP contribution in [-0.4, -0.2) is 5.88 Å². The molecule has 0 saturated heterocycles. The Bertz CT molecular complexity index is 340.